The number of rotatable bonds is 5. The van der Waals surface area contributed by atoms with Gasteiger partial charge in [-0.15, -0.1) is 0 Å². The Morgan fingerprint density at radius 1 is 1.00 bits per heavy atom. The maximum absolute atomic E-state index is 12.6. The number of pyridine rings is 1. The average molecular weight is 354 g/mol. The van der Waals surface area contributed by atoms with Crippen molar-refractivity contribution in [3.8, 4) is 11.6 Å². The molecule has 0 aliphatic heterocycles. The monoisotopic (exact) mass is 353 g/mol. The number of hydrogen-bond acceptors (Lipinski definition) is 4. The largest absolute Gasteiger partial charge is 0.454 e. The average Bonchev–Trinajstić information content (AvgIpc) is 2.63. The first-order valence-corrected chi connectivity index (χ1v) is 8.16. The van der Waals surface area contributed by atoms with Crippen LogP contribution in [-0.4, -0.2) is 11.0 Å². The number of hydrogen-bond donors (Lipinski definition) is 0. The van der Waals surface area contributed by atoms with Gasteiger partial charge in [-0.05, 0) is 37.3 Å². The summed E-state index contributed by atoms with van der Waals surface area (Å²) < 4.78 is 11.2. The minimum Gasteiger partial charge on any atom is -0.454 e. The van der Waals surface area contributed by atoms with Crippen molar-refractivity contribution in [1.29, 1.82) is 0 Å². The van der Waals surface area contributed by atoms with Gasteiger partial charge in [0.2, 0.25) is 5.88 Å². The molecule has 3 rings (SSSR count). The second-order valence-electron chi connectivity index (χ2n) is 5.34. The quantitative estimate of drug-likeness (QED) is 0.572. The van der Waals surface area contributed by atoms with Gasteiger partial charge in [0.05, 0.1) is 0 Å². The summed E-state index contributed by atoms with van der Waals surface area (Å²) in [6, 6.07) is 19.7. The molecule has 0 amide bonds. The van der Waals surface area contributed by atoms with E-state index in [2.05, 4.69) is 4.98 Å². The molecule has 1 unspecified atom stereocenters. The topological polar surface area (TPSA) is 48.4 Å². The van der Waals surface area contributed by atoms with Crippen LogP contribution < -0.4 is 4.74 Å². The van der Waals surface area contributed by atoms with Crippen LogP contribution in [0.5, 0.6) is 11.6 Å². The van der Waals surface area contributed by atoms with Crippen LogP contribution >= 0.6 is 11.6 Å². The first-order valence-electron chi connectivity index (χ1n) is 7.78. The maximum Gasteiger partial charge on any atom is 0.344 e. The molecular weight excluding hydrogens is 338 g/mol. The molecule has 1 aromatic heterocycles. The van der Waals surface area contributed by atoms with Crippen molar-refractivity contribution in [3.63, 3.8) is 0 Å². The fraction of sp³-hybridized carbons (Fsp3) is 0.100. The van der Waals surface area contributed by atoms with Crippen molar-refractivity contribution < 1.29 is 14.3 Å². The van der Waals surface area contributed by atoms with E-state index in [1.54, 1.807) is 43.5 Å². The van der Waals surface area contributed by atoms with Crippen molar-refractivity contribution >= 4 is 17.6 Å². The summed E-state index contributed by atoms with van der Waals surface area (Å²) in [4.78, 5) is 16.7. The van der Waals surface area contributed by atoms with Gasteiger partial charge < -0.3 is 9.47 Å². The van der Waals surface area contributed by atoms with E-state index in [-0.39, 0.29) is 11.4 Å². The highest BCUT2D eigenvalue weighted by Gasteiger charge is 2.20. The van der Waals surface area contributed by atoms with Gasteiger partial charge >= 0.3 is 5.97 Å². The van der Waals surface area contributed by atoms with Crippen molar-refractivity contribution in [2.45, 2.75) is 13.0 Å². The van der Waals surface area contributed by atoms with E-state index in [1.807, 2.05) is 36.4 Å². The molecule has 25 heavy (non-hydrogen) atoms. The Bertz CT molecular complexity index is 868. The molecule has 126 valence electrons. The molecule has 0 bridgehead atoms. The molecule has 3 aromatic rings. The molecule has 0 spiro atoms. The number of para-hydroxylation sites is 1. The normalized spacial score (nSPS) is 11.6. The smallest absolute Gasteiger partial charge is 0.344 e. The minimum atomic E-state index is -0.522. The van der Waals surface area contributed by atoms with E-state index < -0.39 is 12.1 Å². The second-order valence-corrected chi connectivity index (χ2v) is 5.75. The molecule has 1 heterocycles. The molecule has 0 aliphatic rings. The first kappa shape index (κ1) is 17.0. The van der Waals surface area contributed by atoms with E-state index in [1.165, 1.54) is 0 Å². The summed E-state index contributed by atoms with van der Waals surface area (Å²) in [5.74, 6) is 0.269. The fourth-order valence-electron chi connectivity index (χ4n) is 2.32. The predicted molar refractivity (Wildman–Crippen MR) is 96.0 cm³/mol. The summed E-state index contributed by atoms with van der Waals surface area (Å²) in [6.07, 6.45) is 1.07. The Balaban J connectivity index is 1.80. The van der Waals surface area contributed by atoms with Crippen molar-refractivity contribution in [1.82, 2.24) is 4.98 Å². The SMILES string of the molecule is CC(OC(=O)c1cccnc1Oc1ccccc1)c1ccccc1Cl. The molecule has 2 aromatic carbocycles. The van der Waals surface area contributed by atoms with E-state index in [9.17, 15) is 4.79 Å². The lowest BCUT2D eigenvalue weighted by atomic mass is 10.1. The Morgan fingerprint density at radius 3 is 2.48 bits per heavy atom. The molecule has 1 atom stereocenters. The molecule has 0 N–H and O–H groups in total. The van der Waals surface area contributed by atoms with E-state index >= 15 is 0 Å². The highest BCUT2D eigenvalue weighted by molar-refractivity contribution is 6.31. The first-order chi connectivity index (χ1) is 12.1. The Morgan fingerprint density at radius 2 is 1.72 bits per heavy atom. The van der Waals surface area contributed by atoms with Gasteiger partial charge in [0.1, 0.15) is 17.4 Å². The van der Waals surface area contributed by atoms with Gasteiger partial charge in [0.25, 0.3) is 0 Å². The summed E-state index contributed by atoms with van der Waals surface area (Å²) in [5, 5.41) is 0.551. The van der Waals surface area contributed by atoms with Crippen LogP contribution in [0.25, 0.3) is 0 Å². The lowest BCUT2D eigenvalue weighted by Gasteiger charge is -2.16. The van der Waals surface area contributed by atoms with Gasteiger partial charge in [0, 0.05) is 16.8 Å². The zero-order chi connectivity index (χ0) is 17.6. The maximum atomic E-state index is 12.6. The summed E-state index contributed by atoms with van der Waals surface area (Å²) in [7, 11) is 0. The molecule has 0 aliphatic carbocycles. The van der Waals surface area contributed by atoms with Crippen LogP contribution in [0.3, 0.4) is 0 Å². The summed E-state index contributed by atoms with van der Waals surface area (Å²) in [5.41, 5.74) is 0.997. The third-order valence-corrected chi connectivity index (χ3v) is 3.92. The molecule has 0 radical (unpaired) electrons. The third kappa shape index (κ3) is 4.17. The van der Waals surface area contributed by atoms with Crippen LogP contribution in [0, 0.1) is 0 Å². The van der Waals surface area contributed by atoms with E-state index in [0.717, 1.165) is 5.56 Å². The van der Waals surface area contributed by atoms with Crippen LogP contribution in [0.1, 0.15) is 28.9 Å². The van der Waals surface area contributed by atoms with E-state index in [0.29, 0.717) is 10.8 Å². The summed E-state index contributed by atoms with van der Waals surface area (Å²) in [6.45, 7) is 1.77. The molecule has 0 fully saturated rings. The predicted octanol–water partition coefficient (Wildman–Crippen LogP) is 5.45. The van der Waals surface area contributed by atoms with E-state index in [4.69, 9.17) is 21.1 Å². The van der Waals surface area contributed by atoms with Gasteiger partial charge in [0.15, 0.2) is 0 Å². The number of halogens is 1. The highest BCUT2D eigenvalue weighted by atomic mass is 35.5. The molecular formula is C20H16ClNO3. The number of aromatic nitrogens is 1. The number of carbonyl (C=O) groups excluding carboxylic acids is 1. The van der Waals surface area contributed by atoms with Crippen molar-refractivity contribution in [2.75, 3.05) is 0 Å². The molecule has 4 nitrogen and oxygen atoms in total. The second kappa shape index (κ2) is 7.81. The third-order valence-electron chi connectivity index (χ3n) is 3.58. The lowest BCUT2D eigenvalue weighted by Crippen LogP contribution is -2.11. The van der Waals surface area contributed by atoms with Gasteiger partial charge in [-0.2, -0.15) is 0 Å². The van der Waals surface area contributed by atoms with Crippen molar-refractivity contribution in [2.24, 2.45) is 0 Å². The number of benzene rings is 2. The summed E-state index contributed by atoms with van der Waals surface area (Å²) >= 11 is 6.16. The van der Waals surface area contributed by atoms with Crippen LogP contribution in [0.4, 0.5) is 0 Å². The number of nitrogens with zero attached hydrogens (tertiary/aromatic N) is 1. The number of ether oxygens (including phenoxy) is 2. The van der Waals surface area contributed by atoms with Crippen LogP contribution in [0.2, 0.25) is 5.02 Å². The Hall–Kier alpha value is -2.85. The molecule has 0 saturated heterocycles. The zero-order valence-corrected chi connectivity index (χ0v) is 14.3. The fourth-order valence-corrected chi connectivity index (χ4v) is 2.61. The Labute approximate surface area is 151 Å². The Kier molecular flexibility index (Phi) is 5.31. The highest BCUT2D eigenvalue weighted by Crippen LogP contribution is 2.28. The molecule has 0 saturated carbocycles. The van der Waals surface area contributed by atoms with Gasteiger partial charge in [-0.25, -0.2) is 9.78 Å². The standard InChI is InChI=1S/C20H16ClNO3/c1-14(16-10-5-6-12-18(16)21)24-20(23)17-11-7-13-22-19(17)25-15-8-3-2-4-9-15/h2-14H,1H3. The van der Waals surface area contributed by atoms with Crippen LogP contribution in [-0.2, 0) is 4.74 Å². The lowest BCUT2D eigenvalue weighted by molar-refractivity contribution is 0.0334. The number of esters is 1. The van der Waals surface area contributed by atoms with Crippen molar-refractivity contribution in [3.05, 3.63) is 89.1 Å². The van der Waals surface area contributed by atoms with Crippen LogP contribution in [0.15, 0.2) is 72.9 Å². The molecule has 5 heteroatoms. The van der Waals surface area contributed by atoms with Gasteiger partial charge in [-0.1, -0.05) is 48.0 Å². The minimum absolute atomic E-state index is 0.199. The number of carbonyl (C=O) groups is 1. The van der Waals surface area contributed by atoms with Gasteiger partial charge in [-0.3, -0.25) is 0 Å². The zero-order valence-electron chi connectivity index (χ0n) is 13.6.